The summed E-state index contributed by atoms with van der Waals surface area (Å²) >= 11 is 0. The van der Waals surface area contributed by atoms with Crippen LogP contribution in [-0.2, 0) is 22.7 Å². The van der Waals surface area contributed by atoms with Crippen LogP contribution in [0.5, 0.6) is 0 Å². The van der Waals surface area contributed by atoms with Crippen LogP contribution in [0.25, 0.3) is 0 Å². The topological polar surface area (TPSA) is 44.1 Å². The Labute approximate surface area is 57.4 Å². The lowest BCUT2D eigenvalue weighted by Gasteiger charge is -2.12. The minimum Gasteiger partial charge on any atom is -0.456 e. The standard InChI is InChI=1S/C6H6N2O2/c9-6-3-8-2-1-7-5(8)4-10-6/h1-2H,3-4H2. The molecule has 4 heteroatoms. The van der Waals surface area contributed by atoms with Gasteiger partial charge in [-0.15, -0.1) is 0 Å². The summed E-state index contributed by atoms with van der Waals surface area (Å²) in [6.07, 6.45) is 3.44. The largest absolute Gasteiger partial charge is 0.456 e. The summed E-state index contributed by atoms with van der Waals surface area (Å²) in [7, 11) is 0. The first-order chi connectivity index (χ1) is 4.86. The van der Waals surface area contributed by atoms with E-state index in [-0.39, 0.29) is 5.97 Å². The number of hydrogen-bond acceptors (Lipinski definition) is 3. The van der Waals surface area contributed by atoms with Gasteiger partial charge in [-0.3, -0.25) is 4.79 Å². The van der Waals surface area contributed by atoms with Gasteiger partial charge >= 0.3 is 5.97 Å². The summed E-state index contributed by atoms with van der Waals surface area (Å²) in [5.41, 5.74) is 0. The monoisotopic (exact) mass is 138 g/mol. The molecule has 1 aromatic rings. The Balaban J connectivity index is 2.39. The molecule has 52 valence electrons. The van der Waals surface area contributed by atoms with Crippen LogP contribution >= 0.6 is 0 Å². The van der Waals surface area contributed by atoms with Gasteiger partial charge in [-0.25, -0.2) is 4.98 Å². The van der Waals surface area contributed by atoms with E-state index in [1.165, 1.54) is 0 Å². The maximum absolute atomic E-state index is 10.7. The fourth-order valence-electron chi connectivity index (χ4n) is 0.954. The van der Waals surface area contributed by atoms with Crippen molar-refractivity contribution in [3.05, 3.63) is 18.2 Å². The smallest absolute Gasteiger partial charge is 0.326 e. The fourth-order valence-corrected chi connectivity index (χ4v) is 0.954. The molecule has 0 fully saturated rings. The Hall–Kier alpha value is -1.32. The minimum absolute atomic E-state index is 0.189. The molecule has 0 saturated heterocycles. The molecule has 1 aromatic heterocycles. The van der Waals surface area contributed by atoms with Gasteiger partial charge in [0, 0.05) is 12.4 Å². The minimum atomic E-state index is -0.189. The van der Waals surface area contributed by atoms with E-state index in [0.717, 1.165) is 5.82 Å². The van der Waals surface area contributed by atoms with Gasteiger partial charge in [-0.1, -0.05) is 0 Å². The third-order valence-electron chi connectivity index (χ3n) is 1.46. The van der Waals surface area contributed by atoms with Crippen LogP contribution in [0.1, 0.15) is 5.82 Å². The van der Waals surface area contributed by atoms with Crippen LogP contribution in [0, 0.1) is 0 Å². The Morgan fingerprint density at radius 3 is 3.50 bits per heavy atom. The first-order valence-electron chi connectivity index (χ1n) is 3.02. The summed E-state index contributed by atoms with van der Waals surface area (Å²) in [4.78, 5) is 14.6. The van der Waals surface area contributed by atoms with Gasteiger partial charge in [-0.2, -0.15) is 0 Å². The van der Waals surface area contributed by atoms with Crippen LogP contribution < -0.4 is 0 Å². The molecule has 4 nitrogen and oxygen atoms in total. The first kappa shape index (κ1) is 5.46. The number of cyclic esters (lactones) is 1. The van der Waals surface area contributed by atoms with Crippen molar-refractivity contribution < 1.29 is 9.53 Å². The maximum Gasteiger partial charge on any atom is 0.326 e. The molecule has 1 aliphatic rings. The lowest BCUT2D eigenvalue weighted by Crippen LogP contribution is -2.21. The van der Waals surface area contributed by atoms with Crippen LogP contribution in [0.4, 0.5) is 0 Å². The van der Waals surface area contributed by atoms with Gasteiger partial charge in [0.05, 0.1) is 0 Å². The van der Waals surface area contributed by atoms with Crippen LogP contribution in [-0.4, -0.2) is 15.5 Å². The number of rotatable bonds is 0. The van der Waals surface area contributed by atoms with Gasteiger partial charge in [0.15, 0.2) is 0 Å². The molecule has 1 aliphatic heterocycles. The molecule has 10 heavy (non-hydrogen) atoms. The second kappa shape index (κ2) is 1.83. The number of ether oxygens (including phenoxy) is 1. The molecule has 2 heterocycles. The highest BCUT2D eigenvalue weighted by Crippen LogP contribution is 2.05. The molecule has 0 N–H and O–H groups in total. The normalized spacial score (nSPS) is 16.2. The van der Waals surface area contributed by atoms with Crippen LogP contribution in [0.2, 0.25) is 0 Å². The second-order valence-electron chi connectivity index (χ2n) is 2.13. The van der Waals surface area contributed by atoms with E-state index >= 15 is 0 Å². The molecule has 0 bridgehead atoms. The Morgan fingerprint density at radius 1 is 1.70 bits per heavy atom. The Bertz CT molecular complexity index is 266. The number of nitrogens with zero attached hydrogens (tertiary/aromatic N) is 2. The van der Waals surface area contributed by atoms with Crippen molar-refractivity contribution in [3.8, 4) is 0 Å². The fraction of sp³-hybridized carbons (Fsp3) is 0.333. The van der Waals surface area contributed by atoms with Gasteiger partial charge in [0.2, 0.25) is 0 Å². The number of esters is 1. The summed E-state index contributed by atoms with van der Waals surface area (Å²) in [5, 5.41) is 0. The highest BCUT2D eigenvalue weighted by Gasteiger charge is 2.15. The molecule has 0 radical (unpaired) electrons. The van der Waals surface area contributed by atoms with E-state index in [1.807, 2.05) is 0 Å². The summed E-state index contributed by atoms with van der Waals surface area (Å²) < 4.78 is 6.52. The maximum atomic E-state index is 10.7. The summed E-state index contributed by atoms with van der Waals surface area (Å²) in [5.74, 6) is 0.630. The van der Waals surface area contributed by atoms with E-state index in [2.05, 4.69) is 4.98 Å². The summed E-state index contributed by atoms with van der Waals surface area (Å²) in [6, 6.07) is 0. The quantitative estimate of drug-likeness (QED) is 0.472. The average molecular weight is 138 g/mol. The predicted octanol–water partition coefficient (Wildman–Crippen LogP) is -0.0601. The van der Waals surface area contributed by atoms with E-state index in [0.29, 0.717) is 13.2 Å². The molecule has 0 aliphatic carbocycles. The van der Waals surface area contributed by atoms with Crippen molar-refractivity contribution in [1.82, 2.24) is 9.55 Å². The Kier molecular flexibility index (Phi) is 1.00. The summed E-state index contributed by atoms with van der Waals surface area (Å²) in [6.45, 7) is 0.612. The number of carbonyl (C=O) groups excluding carboxylic acids is 1. The molecular weight excluding hydrogens is 132 g/mol. The molecule has 2 rings (SSSR count). The number of fused-ring (bicyclic) bond motifs is 1. The zero-order valence-corrected chi connectivity index (χ0v) is 5.28. The van der Waals surface area contributed by atoms with Gasteiger partial charge in [0.1, 0.15) is 19.0 Å². The first-order valence-corrected chi connectivity index (χ1v) is 3.02. The molecule has 0 amide bonds. The van der Waals surface area contributed by atoms with E-state index in [9.17, 15) is 4.79 Å². The number of hydrogen-bond donors (Lipinski definition) is 0. The zero-order chi connectivity index (χ0) is 6.97. The van der Waals surface area contributed by atoms with Crippen molar-refractivity contribution in [1.29, 1.82) is 0 Å². The number of carbonyl (C=O) groups is 1. The molecule has 0 saturated carbocycles. The van der Waals surface area contributed by atoms with Crippen molar-refractivity contribution in [2.45, 2.75) is 13.2 Å². The van der Waals surface area contributed by atoms with Crippen molar-refractivity contribution in [2.75, 3.05) is 0 Å². The van der Waals surface area contributed by atoms with Crippen molar-refractivity contribution in [3.63, 3.8) is 0 Å². The van der Waals surface area contributed by atoms with E-state index < -0.39 is 0 Å². The molecule has 0 aromatic carbocycles. The van der Waals surface area contributed by atoms with E-state index in [4.69, 9.17) is 4.74 Å². The highest BCUT2D eigenvalue weighted by molar-refractivity contribution is 5.69. The highest BCUT2D eigenvalue weighted by atomic mass is 16.5. The molecule has 0 atom stereocenters. The third kappa shape index (κ3) is 0.689. The lowest BCUT2D eigenvalue weighted by atomic mass is 10.5. The number of imidazole rings is 1. The predicted molar refractivity (Wildman–Crippen MR) is 32.0 cm³/mol. The van der Waals surface area contributed by atoms with Gasteiger partial charge < -0.3 is 9.30 Å². The lowest BCUT2D eigenvalue weighted by molar-refractivity contribution is -0.148. The average Bonchev–Trinajstić information content (AvgIpc) is 2.33. The zero-order valence-electron chi connectivity index (χ0n) is 5.28. The second-order valence-corrected chi connectivity index (χ2v) is 2.13. The molecule has 0 spiro atoms. The van der Waals surface area contributed by atoms with Crippen molar-refractivity contribution in [2.24, 2.45) is 0 Å². The number of aromatic nitrogens is 2. The molecule has 0 unspecified atom stereocenters. The van der Waals surface area contributed by atoms with Crippen molar-refractivity contribution >= 4 is 5.97 Å². The van der Waals surface area contributed by atoms with E-state index in [1.54, 1.807) is 17.0 Å². The van der Waals surface area contributed by atoms with Gasteiger partial charge in [-0.05, 0) is 0 Å². The molecular formula is C6H6N2O2. The SMILES string of the molecule is O=C1Cn2ccnc2CO1. The van der Waals surface area contributed by atoms with Gasteiger partial charge in [0.25, 0.3) is 0 Å². The van der Waals surface area contributed by atoms with Crippen LogP contribution in [0.3, 0.4) is 0 Å². The van der Waals surface area contributed by atoms with Crippen LogP contribution in [0.15, 0.2) is 12.4 Å². The Morgan fingerprint density at radius 2 is 2.60 bits per heavy atom. The third-order valence-corrected chi connectivity index (χ3v) is 1.46.